The van der Waals surface area contributed by atoms with Gasteiger partial charge in [0, 0.05) is 51.9 Å². The van der Waals surface area contributed by atoms with Gasteiger partial charge in [-0.2, -0.15) is 0 Å². The first-order valence-electron chi connectivity index (χ1n) is 24.9. The number of hydrogen-bond donors (Lipinski definition) is 6. The Balaban J connectivity index is 1.94. The summed E-state index contributed by atoms with van der Waals surface area (Å²) in [5.74, 6) is 0.264. The molecule has 5 rings (SSSR count). The number of hydrogen-bond acceptors (Lipinski definition) is 10. The predicted molar refractivity (Wildman–Crippen MR) is 277 cm³/mol. The number of carbonyl (C=O) groups is 2. The molecule has 1 aliphatic rings. The molecule has 0 aliphatic heterocycles. The van der Waals surface area contributed by atoms with Crippen LogP contribution in [0.1, 0.15) is 164 Å². The third-order valence-corrected chi connectivity index (χ3v) is 13.4. The molecule has 4 aromatic rings. The number of aliphatic hydroxyl groups is 4. The zero-order chi connectivity index (χ0) is 52.3. The predicted octanol–water partition coefficient (Wildman–Crippen LogP) is 8.13. The number of fused-ring (bicyclic) bond motifs is 8. The van der Waals surface area contributed by atoms with E-state index in [0.29, 0.717) is 33.8 Å². The fraction of sp³-hybridized carbons (Fsp3) is 0.552. The molecule has 12 heteroatoms. The van der Waals surface area contributed by atoms with Gasteiger partial charge in [-0.05, 0) is 102 Å². The second kappa shape index (κ2) is 22.1. The van der Waals surface area contributed by atoms with E-state index in [4.69, 9.17) is 9.47 Å². The van der Waals surface area contributed by atoms with Gasteiger partial charge in [-0.15, -0.1) is 0 Å². The summed E-state index contributed by atoms with van der Waals surface area (Å²) >= 11 is 0. The van der Waals surface area contributed by atoms with Gasteiger partial charge in [-0.25, -0.2) is 0 Å². The summed E-state index contributed by atoms with van der Waals surface area (Å²) < 4.78 is 13.7. The normalized spacial score (nSPS) is 14.2. The van der Waals surface area contributed by atoms with E-state index in [1.807, 2.05) is 24.3 Å². The summed E-state index contributed by atoms with van der Waals surface area (Å²) in [6.07, 6.45) is -1.24. The number of aliphatic hydroxyl groups excluding tert-OH is 4. The van der Waals surface area contributed by atoms with Crippen molar-refractivity contribution in [3.63, 3.8) is 0 Å². The van der Waals surface area contributed by atoms with Crippen LogP contribution in [0.4, 0.5) is 0 Å². The molecule has 8 bridgehead atoms. The number of aromatic hydroxyl groups is 2. The molecule has 0 saturated heterocycles. The number of phenolic OH excluding ortho intramolecular Hbond substituents is 2. The number of rotatable bonds is 14. The molecule has 1 aliphatic carbocycles. The van der Waals surface area contributed by atoms with Crippen molar-refractivity contribution in [2.24, 2.45) is 0 Å². The molecule has 4 aromatic carbocycles. The van der Waals surface area contributed by atoms with Crippen molar-refractivity contribution in [3.05, 3.63) is 115 Å². The molecule has 2 unspecified atom stereocenters. The number of amides is 2. The van der Waals surface area contributed by atoms with Crippen molar-refractivity contribution in [2.75, 3.05) is 52.6 Å². The van der Waals surface area contributed by atoms with Crippen molar-refractivity contribution in [2.45, 2.75) is 156 Å². The van der Waals surface area contributed by atoms with E-state index in [-0.39, 0.29) is 111 Å². The molecule has 70 heavy (non-hydrogen) atoms. The third kappa shape index (κ3) is 13.2. The van der Waals surface area contributed by atoms with Crippen molar-refractivity contribution in [3.8, 4) is 23.0 Å². The molecule has 384 valence electrons. The average Bonchev–Trinajstić information content (AvgIpc) is 3.25. The van der Waals surface area contributed by atoms with Crippen LogP contribution in [-0.2, 0) is 56.9 Å². The van der Waals surface area contributed by atoms with E-state index in [2.05, 4.69) is 107 Å². The molecule has 0 radical (unpaired) electrons. The number of nitrogens with zero attached hydrogens (tertiary/aromatic N) is 2. The molecular weight excluding hydrogens is 885 g/mol. The molecular formula is C58H82N2O10. The zero-order valence-corrected chi connectivity index (χ0v) is 44.5. The van der Waals surface area contributed by atoms with Crippen molar-refractivity contribution < 1.29 is 49.7 Å². The highest BCUT2D eigenvalue weighted by atomic mass is 16.5. The quantitative estimate of drug-likeness (QED) is 0.0637. The lowest BCUT2D eigenvalue weighted by Crippen LogP contribution is -2.43. The molecule has 0 fully saturated rings. The maximum atomic E-state index is 14.1. The minimum Gasteiger partial charge on any atom is -0.507 e. The van der Waals surface area contributed by atoms with Crippen LogP contribution in [0.15, 0.2) is 48.5 Å². The van der Waals surface area contributed by atoms with Gasteiger partial charge in [-0.3, -0.25) is 9.59 Å². The summed E-state index contributed by atoms with van der Waals surface area (Å²) in [6, 6.07) is 16.5. The highest BCUT2D eigenvalue weighted by Gasteiger charge is 2.32. The Morgan fingerprint density at radius 1 is 0.429 bits per heavy atom. The number of phenols is 2. The highest BCUT2D eigenvalue weighted by Crippen LogP contribution is 2.44. The van der Waals surface area contributed by atoms with Crippen LogP contribution in [0, 0.1) is 0 Å². The van der Waals surface area contributed by atoms with Crippen molar-refractivity contribution in [1.82, 2.24) is 9.80 Å². The van der Waals surface area contributed by atoms with E-state index in [1.54, 1.807) is 13.8 Å². The lowest BCUT2D eigenvalue weighted by atomic mass is 9.79. The number of carbonyl (C=O) groups excluding carboxylic acids is 2. The second-order valence-electron chi connectivity index (χ2n) is 23.3. The SMILES string of the molecule is CC(Oc1c2cc(C(C)(C)C)cc1Cc1cc(C(C)(C)C)cc(c1O)Cc1cc(C(C)(C)C)cc(c1OC(C)C(=O)N(CCO)CCO)Cc1cc(C(C)(C)C)cc(c1O)C2)C(=O)N(CCO)CCO. The molecule has 0 spiro atoms. The lowest BCUT2D eigenvalue weighted by molar-refractivity contribution is -0.139. The first-order chi connectivity index (χ1) is 32.5. The van der Waals surface area contributed by atoms with Gasteiger partial charge in [0.25, 0.3) is 11.8 Å². The van der Waals surface area contributed by atoms with Gasteiger partial charge >= 0.3 is 0 Å². The Morgan fingerprint density at radius 2 is 0.629 bits per heavy atom. The summed E-state index contributed by atoms with van der Waals surface area (Å²) in [7, 11) is 0. The van der Waals surface area contributed by atoms with Crippen LogP contribution in [0.2, 0.25) is 0 Å². The van der Waals surface area contributed by atoms with Gasteiger partial charge in [0.1, 0.15) is 23.0 Å². The monoisotopic (exact) mass is 967 g/mol. The maximum absolute atomic E-state index is 14.1. The molecule has 2 atom stereocenters. The minimum atomic E-state index is -1.04. The van der Waals surface area contributed by atoms with Gasteiger partial charge in [0.05, 0.1) is 26.4 Å². The van der Waals surface area contributed by atoms with Crippen LogP contribution in [-0.4, -0.2) is 117 Å². The number of benzene rings is 4. The van der Waals surface area contributed by atoms with E-state index in [9.17, 15) is 40.2 Å². The van der Waals surface area contributed by atoms with Crippen LogP contribution < -0.4 is 9.47 Å². The molecule has 6 N–H and O–H groups in total. The first-order valence-corrected chi connectivity index (χ1v) is 24.9. The summed E-state index contributed by atoms with van der Waals surface area (Å²) in [5.41, 5.74) is 8.02. The fourth-order valence-electron chi connectivity index (χ4n) is 9.06. The molecule has 0 heterocycles. The third-order valence-electron chi connectivity index (χ3n) is 13.4. The van der Waals surface area contributed by atoms with Crippen molar-refractivity contribution in [1.29, 1.82) is 0 Å². The molecule has 0 saturated carbocycles. The topological polar surface area (TPSA) is 180 Å². The Labute approximate surface area is 417 Å². The van der Waals surface area contributed by atoms with Crippen LogP contribution in [0.25, 0.3) is 0 Å². The van der Waals surface area contributed by atoms with E-state index >= 15 is 0 Å². The average molecular weight is 967 g/mol. The highest BCUT2D eigenvalue weighted by molar-refractivity contribution is 5.81. The Morgan fingerprint density at radius 3 is 0.814 bits per heavy atom. The summed E-state index contributed by atoms with van der Waals surface area (Å²) in [6.45, 7) is 27.8. The van der Waals surface area contributed by atoms with Crippen LogP contribution in [0.3, 0.4) is 0 Å². The van der Waals surface area contributed by atoms with Gasteiger partial charge in [0.15, 0.2) is 12.2 Å². The molecule has 2 amide bonds. The lowest BCUT2D eigenvalue weighted by Gasteiger charge is -2.30. The minimum absolute atomic E-state index is 0.0232. The Hall–Kier alpha value is -5.14. The van der Waals surface area contributed by atoms with Gasteiger partial charge in [0.2, 0.25) is 0 Å². The van der Waals surface area contributed by atoms with E-state index in [1.165, 1.54) is 9.80 Å². The fourth-order valence-corrected chi connectivity index (χ4v) is 9.06. The Kier molecular flexibility index (Phi) is 17.6. The van der Waals surface area contributed by atoms with Crippen LogP contribution in [0.5, 0.6) is 23.0 Å². The Bertz CT molecular complexity index is 2220. The van der Waals surface area contributed by atoms with E-state index in [0.717, 1.165) is 44.5 Å². The smallest absolute Gasteiger partial charge is 0.263 e. The van der Waals surface area contributed by atoms with Gasteiger partial charge < -0.3 is 49.9 Å². The van der Waals surface area contributed by atoms with Gasteiger partial charge in [-0.1, -0.05) is 132 Å². The largest absolute Gasteiger partial charge is 0.507 e. The number of ether oxygens (including phenoxy) is 2. The summed E-state index contributed by atoms with van der Waals surface area (Å²) in [5, 5.41) is 64.8. The summed E-state index contributed by atoms with van der Waals surface area (Å²) in [4.78, 5) is 30.9. The first kappa shape index (κ1) is 55.8. The van der Waals surface area contributed by atoms with E-state index < -0.39 is 24.0 Å². The molecule has 12 nitrogen and oxygen atoms in total. The van der Waals surface area contributed by atoms with Crippen LogP contribution >= 0.6 is 0 Å². The standard InChI is InChI=1S/C58H82N2O10/c1-35(53(67)59(15-19-61)16-20-62)69-51-41-23-37-27-45(55(3,4)5)29-39(49(37)65)25-43-33-48(58(12,13)14)34-44(52(43)70-36(2)54(68)60(17-21-63)18-22-64)26-40-30-46(56(6,7)8)28-38(50(40)66)24-42(51)32-47(31-41)57(9,10)11/h27-36,61-66H,15-26H2,1-14H3. The van der Waals surface area contributed by atoms with Crippen molar-refractivity contribution >= 4 is 11.8 Å². The second-order valence-corrected chi connectivity index (χ2v) is 23.3. The molecule has 0 aromatic heterocycles. The zero-order valence-electron chi connectivity index (χ0n) is 44.5. The maximum Gasteiger partial charge on any atom is 0.263 e.